The second-order valence-electron chi connectivity index (χ2n) is 11.3. The predicted octanol–water partition coefficient (Wildman–Crippen LogP) is 8.40. The lowest BCUT2D eigenvalue weighted by molar-refractivity contribution is -0.155. The monoisotopic (exact) mass is 618 g/mol. The number of aliphatic carboxylic acids is 1. The van der Waals surface area contributed by atoms with E-state index in [0.29, 0.717) is 51.9 Å². The minimum absolute atomic E-state index is 0.0681. The molecule has 12 heteroatoms. The molecule has 1 aromatic heterocycles. The molecule has 0 radical (unpaired) electrons. The van der Waals surface area contributed by atoms with Gasteiger partial charge in [-0.25, -0.2) is 0 Å². The van der Waals surface area contributed by atoms with Crippen LogP contribution in [0.1, 0.15) is 47.2 Å². The van der Waals surface area contributed by atoms with Gasteiger partial charge in [0.2, 0.25) is 0 Å². The minimum atomic E-state index is -4.56. The molecular weight excluding hydrogens is 594 g/mol. The molecule has 1 spiro atoms. The first-order valence-corrected chi connectivity index (χ1v) is 14.2. The fourth-order valence-corrected chi connectivity index (χ4v) is 7.23. The molecule has 0 aliphatic heterocycles. The Morgan fingerprint density at radius 3 is 2.19 bits per heavy atom. The number of rotatable bonds is 6. The van der Waals surface area contributed by atoms with Crippen molar-refractivity contribution in [1.82, 2.24) is 10.3 Å². The normalized spacial score (nSPS) is 21.8. The average molecular weight is 619 g/mol. The highest BCUT2D eigenvalue weighted by atomic mass is 32.2. The molecule has 0 unspecified atom stereocenters. The zero-order chi connectivity index (χ0) is 30.7. The van der Waals surface area contributed by atoms with Gasteiger partial charge in [-0.1, -0.05) is 30.0 Å². The number of nitrogens with one attached hydrogen (secondary N) is 2. The third-order valence-corrected chi connectivity index (χ3v) is 9.41. The zero-order valence-electron chi connectivity index (χ0n) is 22.3. The summed E-state index contributed by atoms with van der Waals surface area (Å²) in [4.78, 5) is 28.8. The highest BCUT2D eigenvalue weighted by Gasteiger charge is 2.55. The van der Waals surface area contributed by atoms with Crippen molar-refractivity contribution in [3.63, 3.8) is 0 Å². The molecule has 5 nitrogen and oxygen atoms in total. The van der Waals surface area contributed by atoms with Gasteiger partial charge >= 0.3 is 18.3 Å². The van der Waals surface area contributed by atoms with E-state index < -0.39 is 35.4 Å². The van der Waals surface area contributed by atoms with Gasteiger partial charge in [-0.3, -0.25) is 9.59 Å². The largest absolute Gasteiger partial charge is 0.481 e. The number of amides is 1. The van der Waals surface area contributed by atoms with Gasteiger partial charge in [0.15, 0.2) is 0 Å². The summed E-state index contributed by atoms with van der Waals surface area (Å²) in [5.41, 5.74) is -0.323. The van der Waals surface area contributed by atoms with Crippen LogP contribution in [0.4, 0.5) is 26.3 Å². The van der Waals surface area contributed by atoms with Crippen LogP contribution in [0.25, 0.3) is 22.0 Å². The van der Waals surface area contributed by atoms with Gasteiger partial charge in [0.05, 0.1) is 22.6 Å². The van der Waals surface area contributed by atoms with Crippen molar-refractivity contribution in [2.24, 2.45) is 11.3 Å². The Morgan fingerprint density at radius 2 is 1.56 bits per heavy atom. The van der Waals surface area contributed by atoms with Crippen LogP contribution in [0, 0.1) is 11.3 Å². The lowest BCUT2D eigenvalue weighted by atomic mass is 9.50. The van der Waals surface area contributed by atoms with Crippen molar-refractivity contribution >= 4 is 34.5 Å². The first-order valence-electron chi connectivity index (χ1n) is 13.4. The lowest BCUT2D eigenvalue weighted by Crippen LogP contribution is -2.57. The zero-order valence-corrected chi connectivity index (χ0v) is 23.1. The molecule has 2 saturated carbocycles. The first kappa shape index (κ1) is 29.2. The van der Waals surface area contributed by atoms with Gasteiger partial charge < -0.3 is 15.4 Å². The van der Waals surface area contributed by atoms with Crippen molar-refractivity contribution in [1.29, 1.82) is 0 Å². The second-order valence-corrected chi connectivity index (χ2v) is 12.4. The summed E-state index contributed by atoms with van der Waals surface area (Å²) >= 11 is 1.13. The molecule has 3 N–H and O–H groups in total. The highest BCUT2D eigenvalue weighted by Crippen LogP contribution is 2.58. The summed E-state index contributed by atoms with van der Waals surface area (Å²) in [5.74, 6) is -1.57. The maximum Gasteiger partial charge on any atom is 0.416 e. The summed E-state index contributed by atoms with van der Waals surface area (Å²) in [6.45, 7) is 0. The Kier molecular flexibility index (Phi) is 7.02. The number of carbonyl (C=O) groups is 2. The first-order chi connectivity index (χ1) is 20.2. The van der Waals surface area contributed by atoms with Crippen molar-refractivity contribution < 1.29 is 41.0 Å². The Bertz CT molecular complexity index is 1710. The molecule has 1 heterocycles. The molecule has 0 bridgehead atoms. The second kappa shape index (κ2) is 10.4. The topological polar surface area (TPSA) is 82.2 Å². The van der Waals surface area contributed by atoms with Crippen LogP contribution in [0.5, 0.6) is 0 Å². The number of benzene rings is 3. The summed E-state index contributed by atoms with van der Waals surface area (Å²) in [7, 11) is 0. The third kappa shape index (κ3) is 5.60. The molecular formula is C31H24F6N2O3S. The number of fused-ring (bicyclic) bond motifs is 1. The van der Waals surface area contributed by atoms with Crippen LogP contribution in [0.3, 0.4) is 0 Å². The van der Waals surface area contributed by atoms with Crippen LogP contribution in [-0.4, -0.2) is 28.0 Å². The summed E-state index contributed by atoms with van der Waals surface area (Å²) in [6, 6.07) is 12.3. The predicted molar refractivity (Wildman–Crippen MR) is 148 cm³/mol. The maximum absolute atomic E-state index is 13.5. The number of carboxylic acids is 1. The number of hydrogen-bond donors (Lipinski definition) is 3. The number of alkyl halides is 6. The maximum atomic E-state index is 13.5. The Labute approximate surface area is 245 Å². The van der Waals surface area contributed by atoms with E-state index >= 15 is 0 Å². The number of aromatic nitrogens is 1. The number of carboxylic acid groups (broad SMARTS) is 1. The summed E-state index contributed by atoms with van der Waals surface area (Å²) < 4.78 is 79.6. The SMILES string of the molecule is O=C(NC1CC2(C1)CC(C(=O)O)C2)c1ccc(-c2cccc(C(F)(F)F)c2)c2[nH]cc(Sc3ccc(C(F)(F)F)cc3)c12. The van der Waals surface area contributed by atoms with E-state index in [1.807, 2.05) is 0 Å². The van der Waals surface area contributed by atoms with Crippen molar-refractivity contribution in [2.45, 2.75) is 53.9 Å². The van der Waals surface area contributed by atoms with E-state index in [0.717, 1.165) is 36.0 Å². The van der Waals surface area contributed by atoms with Crippen LogP contribution >= 0.6 is 11.8 Å². The quantitative estimate of drug-likeness (QED) is 0.190. The molecule has 2 aliphatic rings. The van der Waals surface area contributed by atoms with Gasteiger partial charge in [-0.2, -0.15) is 26.3 Å². The van der Waals surface area contributed by atoms with E-state index in [1.54, 1.807) is 12.3 Å². The molecule has 0 saturated heterocycles. The molecule has 4 aromatic rings. The van der Waals surface area contributed by atoms with Crippen LogP contribution in [-0.2, 0) is 17.1 Å². The number of H-pyrrole nitrogens is 1. The van der Waals surface area contributed by atoms with E-state index in [-0.39, 0.29) is 28.5 Å². The molecule has 3 aromatic carbocycles. The van der Waals surface area contributed by atoms with Gasteiger partial charge in [0.1, 0.15) is 0 Å². The van der Waals surface area contributed by atoms with E-state index in [2.05, 4.69) is 10.3 Å². The molecule has 2 fully saturated rings. The summed E-state index contributed by atoms with van der Waals surface area (Å²) in [6.07, 6.45) is -4.99. The van der Waals surface area contributed by atoms with E-state index in [1.165, 1.54) is 30.3 Å². The molecule has 1 amide bonds. The van der Waals surface area contributed by atoms with Gasteiger partial charge in [0, 0.05) is 38.5 Å². The molecule has 43 heavy (non-hydrogen) atoms. The number of aromatic amines is 1. The van der Waals surface area contributed by atoms with Gasteiger partial charge in [-0.15, -0.1) is 0 Å². The average Bonchev–Trinajstić information content (AvgIpc) is 3.31. The van der Waals surface area contributed by atoms with Crippen LogP contribution in [0.2, 0.25) is 0 Å². The Morgan fingerprint density at radius 1 is 0.884 bits per heavy atom. The standard InChI is InChI=1S/C31H24F6N2O3S/c32-30(33,34)18-4-6-21(7-5-18)43-24-15-38-26-22(16-2-1-3-19(10-16)31(35,36)37)8-9-23(25(24)26)27(40)39-20-13-29(14-20)11-17(12-29)28(41)42/h1-10,15,17,20,38H,11-14H2,(H,39,40)(H,41,42). The van der Waals surface area contributed by atoms with Crippen LogP contribution in [0.15, 0.2) is 76.7 Å². The van der Waals surface area contributed by atoms with Crippen molar-refractivity contribution in [3.05, 3.63) is 83.6 Å². The number of carbonyl (C=O) groups excluding carboxylic acids is 1. The number of hydrogen-bond acceptors (Lipinski definition) is 3. The molecule has 0 atom stereocenters. The fraction of sp³-hybridized carbons (Fsp3) is 0.290. The third-order valence-electron chi connectivity index (χ3n) is 8.36. The van der Waals surface area contributed by atoms with E-state index in [9.17, 15) is 41.0 Å². The van der Waals surface area contributed by atoms with Crippen LogP contribution < -0.4 is 5.32 Å². The smallest absolute Gasteiger partial charge is 0.416 e. The Hall–Kier alpha value is -3.93. The fourth-order valence-electron chi connectivity index (χ4n) is 6.28. The highest BCUT2D eigenvalue weighted by molar-refractivity contribution is 7.99. The molecule has 2 aliphatic carbocycles. The van der Waals surface area contributed by atoms with E-state index in [4.69, 9.17) is 0 Å². The van der Waals surface area contributed by atoms with Crippen molar-refractivity contribution in [3.8, 4) is 11.1 Å². The lowest BCUT2D eigenvalue weighted by Gasteiger charge is -2.56. The minimum Gasteiger partial charge on any atom is -0.481 e. The van der Waals surface area contributed by atoms with Crippen molar-refractivity contribution in [2.75, 3.05) is 0 Å². The summed E-state index contributed by atoms with van der Waals surface area (Å²) in [5, 5.41) is 12.6. The molecule has 224 valence electrons. The Balaban J connectivity index is 1.33. The van der Waals surface area contributed by atoms with Gasteiger partial charge in [0.25, 0.3) is 5.91 Å². The number of halogens is 6. The molecule has 6 rings (SSSR count). The van der Waals surface area contributed by atoms with Gasteiger partial charge in [-0.05, 0) is 79.1 Å².